The number of rotatable bonds is 4. The van der Waals surface area contributed by atoms with E-state index in [0.717, 1.165) is 60.6 Å². The molecule has 1 aromatic heterocycles. The lowest BCUT2D eigenvalue weighted by Gasteiger charge is -2.29. The number of pyridine rings is 1. The third kappa shape index (κ3) is 5.03. The molecule has 190 valence electrons. The summed E-state index contributed by atoms with van der Waals surface area (Å²) >= 11 is 0. The van der Waals surface area contributed by atoms with Gasteiger partial charge in [0.25, 0.3) is 0 Å². The minimum Gasteiger partial charge on any atom is -0.369 e. The van der Waals surface area contributed by atoms with E-state index in [9.17, 15) is 18.0 Å². The number of para-hydroxylation sites is 1. The summed E-state index contributed by atoms with van der Waals surface area (Å²) in [5.74, 6) is 0.445. The summed E-state index contributed by atoms with van der Waals surface area (Å²) in [6.45, 7) is 9.46. The zero-order valence-electron chi connectivity index (χ0n) is 21.0. The van der Waals surface area contributed by atoms with Gasteiger partial charge in [0.15, 0.2) is 5.82 Å². The van der Waals surface area contributed by atoms with Crippen molar-refractivity contribution in [3.05, 3.63) is 71.3 Å². The van der Waals surface area contributed by atoms with Crippen LogP contribution in [0.1, 0.15) is 43.9 Å². The van der Waals surface area contributed by atoms with Gasteiger partial charge in [-0.2, -0.15) is 13.2 Å². The summed E-state index contributed by atoms with van der Waals surface area (Å²) in [6.07, 6.45) is -2.96. The van der Waals surface area contributed by atoms with E-state index in [4.69, 9.17) is 4.98 Å². The second-order valence-electron chi connectivity index (χ2n) is 9.10. The predicted molar refractivity (Wildman–Crippen MR) is 139 cm³/mol. The number of halogens is 3. The molecule has 0 saturated carbocycles. The number of hydrogen-bond acceptors (Lipinski definition) is 3. The molecule has 4 rings (SSSR count). The molecular formula is C28H31F3N4O. The number of carbonyl (C=O) groups excluding carboxylic acids is 1. The van der Waals surface area contributed by atoms with E-state index in [1.165, 1.54) is 6.07 Å². The van der Waals surface area contributed by atoms with Gasteiger partial charge < -0.3 is 10.2 Å². The van der Waals surface area contributed by atoms with E-state index in [1.807, 2.05) is 52.0 Å². The third-order valence-electron chi connectivity index (χ3n) is 6.74. The number of urea groups is 1. The van der Waals surface area contributed by atoms with Gasteiger partial charge in [0.2, 0.25) is 0 Å². The zero-order valence-corrected chi connectivity index (χ0v) is 21.0. The quantitative estimate of drug-likeness (QED) is 0.412. The van der Waals surface area contributed by atoms with E-state index < -0.39 is 11.7 Å². The first-order valence-electron chi connectivity index (χ1n) is 12.3. The van der Waals surface area contributed by atoms with Crippen LogP contribution in [-0.2, 0) is 12.6 Å². The molecule has 2 aromatic carbocycles. The van der Waals surface area contributed by atoms with Gasteiger partial charge in [-0.15, -0.1) is 0 Å². The Morgan fingerprint density at radius 1 is 1.11 bits per heavy atom. The summed E-state index contributed by atoms with van der Waals surface area (Å²) < 4.78 is 40.0. The van der Waals surface area contributed by atoms with Crippen molar-refractivity contribution in [2.75, 3.05) is 28.2 Å². The van der Waals surface area contributed by atoms with Crippen molar-refractivity contribution >= 4 is 23.2 Å². The number of fused-ring (bicyclic) bond motifs is 1. The Balaban J connectivity index is 1.80. The van der Waals surface area contributed by atoms with Crippen molar-refractivity contribution in [3.8, 4) is 11.3 Å². The Morgan fingerprint density at radius 2 is 1.86 bits per heavy atom. The molecule has 1 atom stereocenters. The van der Waals surface area contributed by atoms with Crippen molar-refractivity contribution in [1.82, 2.24) is 4.98 Å². The van der Waals surface area contributed by atoms with E-state index in [0.29, 0.717) is 17.1 Å². The molecule has 0 radical (unpaired) electrons. The Kier molecular flexibility index (Phi) is 7.24. The highest BCUT2D eigenvalue weighted by Gasteiger charge is 2.33. The Hall–Kier alpha value is -3.55. The topological polar surface area (TPSA) is 48.5 Å². The normalized spacial score (nSPS) is 15.9. The summed E-state index contributed by atoms with van der Waals surface area (Å²) in [7, 11) is 0. The van der Waals surface area contributed by atoms with Gasteiger partial charge >= 0.3 is 12.2 Å². The number of aryl methyl sites for hydroxylation is 2. The van der Waals surface area contributed by atoms with Gasteiger partial charge in [0, 0.05) is 30.4 Å². The molecule has 0 bridgehead atoms. The van der Waals surface area contributed by atoms with Crippen LogP contribution < -0.4 is 15.1 Å². The second kappa shape index (κ2) is 10.2. The molecule has 0 saturated heterocycles. The number of carbonyl (C=O) groups is 1. The molecule has 0 fully saturated rings. The van der Waals surface area contributed by atoms with Gasteiger partial charge in [-0.25, -0.2) is 9.78 Å². The maximum absolute atomic E-state index is 13.7. The number of alkyl halides is 3. The van der Waals surface area contributed by atoms with E-state index in [2.05, 4.69) is 10.2 Å². The van der Waals surface area contributed by atoms with Crippen LogP contribution in [0.15, 0.2) is 54.6 Å². The monoisotopic (exact) mass is 496 g/mol. The van der Waals surface area contributed by atoms with Gasteiger partial charge in [0.05, 0.1) is 16.9 Å². The number of benzene rings is 2. The lowest BCUT2D eigenvalue weighted by Crippen LogP contribution is -2.42. The molecule has 0 spiro atoms. The largest absolute Gasteiger partial charge is 0.416 e. The fourth-order valence-corrected chi connectivity index (χ4v) is 4.68. The summed E-state index contributed by atoms with van der Waals surface area (Å²) in [4.78, 5) is 22.3. The van der Waals surface area contributed by atoms with Crippen molar-refractivity contribution in [2.45, 2.75) is 52.8 Å². The summed E-state index contributed by atoms with van der Waals surface area (Å²) in [5, 5.41) is 3.10. The number of nitrogens with one attached hydrogen (secondary N) is 1. The van der Waals surface area contributed by atoms with Crippen molar-refractivity contribution in [3.63, 3.8) is 0 Å². The van der Waals surface area contributed by atoms with E-state index >= 15 is 0 Å². The van der Waals surface area contributed by atoms with Crippen LogP contribution in [0.2, 0.25) is 0 Å². The van der Waals surface area contributed by atoms with Crippen LogP contribution in [-0.4, -0.2) is 30.1 Å². The standard InChI is InChI=1S/C28H31F3N4O/c1-5-20-10-7-9-18(3)25(20)33-27(36)35-19(4)15-16-34(6-2)24-14-13-23(32-26(24)35)21-11-8-12-22(17-21)28(29,30)31/h7-14,17,19H,5-6,15-16H2,1-4H3,(H,33,36)/t19-/m1/s1. The first-order chi connectivity index (χ1) is 17.1. The minimum atomic E-state index is -4.45. The first-order valence-corrected chi connectivity index (χ1v) is 12.3. The fourth-order valence-electron chi connectivity index (χ4n) is 4.68. The smallest absolute Gasteiger partial charge is 0.369 e. The molecule has 1 aliphatic rings. The van der Waals surface area contributed by atoms with Gasteiger partial charge in [-0.3, -0.25) is 4.90 Å². The molecule has 1 N–H and O–H groups in total. The number of aromatic nitrogens is 1. The molecule has 0 unspecified atom stereocenters. The Bertz CT molecular complexity index is 1260. The van der Waals surface area contributed by atoms with E-state index in [-0.39, 0.29) is 12.1 Å². The minimum absolute atomic E-state index is 0.168. The number of anilines is 3. The van der Waals surface area contributed by atoms with Crippen molar-refractivity contribution < 1.29 is 18.0 Å². The molecule has 1 aliphatic heterocycles. The average molecular weight is 497 g/mol. The van der Waals surface area contributed by atoms with Crippen molar-refractivity contribution in [2.24, 2.45) is 0 Å². The molecule has 3 aromatic rings. The first kappa shape index (κ1) is 25.5. The molecule has 2 heterocycles. The van der Waals surface area contributed by atoms with Crippen LogP contribution in [0.4, 0.5) is 35.2 Å². The number of nitrogens with zero attached hydrogens (tertiary/aromatic N) is 3. The fraction of sp³-hybridized carbons (Fsp3) is 0.357. The summed E-state index contributed by atoms with van der Waals surface area (Å²) in [6, 6.07) is 14.1. The lowest BCUT2D eigenvalue weighted by molar-refractivity contribution is -0.137. The highest BCUT2D eigenvalue weighted by molar-refractivity contribution is 6.04. The second-order valence-corrected chi connectivity index (χ2v) is 9.10. The van der Waals surface area contributed by atoms with Crippen LogP contribution in [0, 0.1) is 6.92 Å². The van der Waals surface area contributed by atoms with Crippen LogP contribution in [0.25, 0.3) is 11.3 Å². The predicted octanol–water partition coefficient (Wildman–Crippen LogP) is 7.30. The lowest BCUT2D eigenvalue weighted by atomic mass is 10.1. The van der Waals surface area contributed by atoms with Crippen LogP contribution in [0.5, 0.6) is 0 Å². The Morgan fingerprint density at radius 3 is 2.56 bits per heavy atom. The van der Waals surface area contributed by atoms with Crippen LogP contribution in [0.3, 0.4) is 0 Å². The number of amides is 2. The highest BCUT2D eigenvalue weighted by Crippen LogP contribution is 2.37. The van der Waals surface area contributed by atoms with Crippen molar-refractivity contribution in [1.29, 1.82) is 0 Å². The maximum atomic E-state index is 13.7. The average Bonchev–Trinajstić information content (AvgIpc) is 2.99. The molecule has 0 aliphatic carbocycles. The van der Waals surface area contributed by atoms with E-state index in [1.54, 1.807) is 17.0 Å². The number of hydrogen-bond donors (Lipinski definition) is 1. The molecule has 36 heavy (non-hydrogen) atoms. The van der Waals surface area contributed by atoms with Gasteiger partial charge in [-0.1, -0.05) is 37.3 Å². The van der Waals surface area contributed by atoms with Crippen LogP contribution >= 0.6 is 0 Å². The Labute approximate surface area is 210 Å². The zero-order chi connectivity index (χ0) is 26.0. The summed E-state index contributed by atoms with van der Waals surface area (Å²) in [5.41, 5.74) is 3.56. The maximum Gasteiger partial charge on any atom is 0.416 e. The molecule has 5 nitrogen and oxygen atoms in total. The van der Waals surface area contributed by atoms with Gasteiger partial charge in [-0.05, 0) is 69.0 Å². The molecule has 2 amide bonds. The molecule has 8 heteroatoms. The highest BCUT2D eigenvalue weighted by atomic mass is 19.4. The SMILES string of the molecule is CCc1cccc(C)c1NC(=O)N1c2nc(-c3cccc(C(F)(F)F)c3)ccc2N(CC)CC[C@H]1C. The van der Waals surface area contributed by atoms with Gasteiger partial charge in [0.1, 0.15) is 0 Å². The third-order valence-corrected chi connectivity index (χ3v) is 6.74. The molecular weight excluding hydrogens is 465 g/mol.